The molecule has 3 rings (SSSR count). The molecule has 43 heavy (non-hydrogen) atoms. The van der Waals surface area contributed by atoms with Crippen molar-refractivity contribution in [3.8, 4) is 0 Å². The molecule has 1 aliphatic carbocycles. The number of allylic oxidation sites excluding steroid dienone is 1. The third kappa shape index (κ3) is 8.21. The fourth-order valence-corrected chi connectivity index (χ4v) is 10.6. The van der Waals surface area contributed by atoms with Crippen LogP contribution in [0.1, 0.15) is 53.9 Å². The summed E-state index contributed by atoms with van der Waals surface area (Å²) in [6.45, 7) is 13.7. The highest BCUT2D eigenvalue weighted by Crippen LogP contribution is 2.46. The summed E-state index contributed by atoms with van der Waals surface area (Å²) in [5.41, 5.74) is -0.835. The number of benzene rings is 2. The van der Waals surface area contributed by atoms with E-state index in [9.17, 15) is 19.5 Å². The van der Waals surface area contributed by atoms with Crippen molar-refractivity contribution in [2.45, 2.75) is 65.0 Å². The lowest BCUT2D eigenvalue weighted by Gasteiger charge is -2.44. The maximum atomic E-state index is 13.4. The third-order valence-electron chi connectivity index (χ3n) is 8.21. The van der Waals surface area contributed by atoms with Crippen LogP contribution in [0.2, 0.25) is 5.04 Å². The highest BCUT2D eigenvalue weighted by molar-refractivity contribution is 6.99. The van der Waals surface area contributed by atoms with Gasteiger partial charge >= 0.3 is 11.9 Å². The van der Waals surface area contributed by atoms with E-state index < -0.39 is 31.8 Å². The summed E-state index contributed by atoms with van der Waals surface area (Å²) >= 11 is 0. The third-order valence-corrected chi connectivity index (χ3v) is 13.2. The Balaban J connectivity index is 1.92. The highest BCUT2D eigenvalue weighted by Gasteiger charge is 2.53. The molecule has 0 heterocycles. The molecule has 8 heteroatoms. The minimum absolute atomic E-state index is 0.0141. The van der Waals surface area contributed by atoms with Gasteiger partial charge in [-0.25, -0.2) is 4.79 Å². The molecule has 0 bridgehead atoms. The van der Waals surface area contributed by atoms with Crippen LogP contribution < -0.4 is 10.4 Å². The Morgan fingerprint density at radius 3 is 2.19 bits per heavy atom. The van der Waals surface area contributed by atoms with Crippen LogP contribution >= 0.6 is 0 Å². The molecule has 0 amide bonds. The van der Waals surface area contributed by atoms with Crippen LogP contribution in [0.3, 0.4) is 0 Å². The van der Waals surface area contributed by atoms with Gasteiger partial charge in [0.15, 0.2) is 0 Å². The predicted octanol–water partition coefficient (Wildman–Crippen LogP) is 5.60. The Morgan fingerprint density at radius 2 is 1.67 bits per heavy atom. The predicted molar refractivity (Wildman–Crippen MR) is 171 cm³/mol. The molecule has 0 unspecified atom stereocenters. The van der Waals surface area contributed by atoms with Gasteiger partial charge in [-0.1, -0.05) is 101 Å². The lowest BCUT2D eigenvalue weighted by atomic mass is 9.75. The van der Waals surface area contributed by atoms with Crippen LogP contribution in [0.15, 0.2) is 97.3 Å². The molecule has 0 radical (unpaired) electrons. The molecule has 0 aromatic heterocycles. The molecule has 2 aromatic rings. The highest BCUT2D eigenvalue weighted by atomic mass is 28.4. The second-order valence-electron chi connectivity index (χ2n) is 12.2. The van der Waals surface area contributed by atoms with Gasteiger partial charge in [-0.2, -0.15) is 0 Å². The molecule has 0 aliphatic heterocycles. The number of carbonyl (C=O) groups is 3. The summed E-state index contributed by atoms with van der Waals surface area (Å²) in [6.07, 6.45) is 5.58. The number of ketones is 1. The first kappa shape index (κ1) is 33.7. The van der Waals surface area contributed by atoms with E-state index in [0.29, 0.717) is 19.4 Å². The zero-order valence-corrected chi connectivity index (χ0v) is 26.9. The summed E-state index contributed by atoms with van der Waals surface area (Å²) in [5, 5.41) is 12.3. The Hall–Kier alpha value is -3.75. The van der Waals surface area contributed by atoms with Crippen molar-refractivity contribution >= 4 is 36.4 Å². The van der Waals surface area contributed by atoms with Crippen molar-refractivity contribution in [3.05, 3.63) is 97.3 Å². The normalized spacial score (nSPS) is 20.2. The quantitative estimate of drug-likeness (QED) is 0.0794. The van der Waals surface area contributed by atoms with E-state index in [1.165, 1.54) is 25.2 Å². The second kappa shape index (κ2) is 14.6. The van der Waals surface area contributed by atoms with Gasteiger partial charge in [0.2, 0.25) is 0 Å². The number of rotatable bonds is 13. The average Bonchev–Trinajstić information content (AvgIpc) is 3.23. The van der Waals surface area contributed by atoms with Gasteiger partial charge in [0.05, 0.1) is 6.08 Å². The number of hydrogen-bond donors (Lipinski definition) is 1. The topological polar surface area (TPSA) is 99.1 Å². The lowest BCUT2D eigenvalue weighted by Crippen LogP contribution is -2.67. The maximum absolute atomic E-state index is 13.4. The van der Waals surface area contributed by atoms with Crippen LogP contribution in [0.5, 0.6) is 0 Å². The van der Waals surface area contributed by atoms with Crippen molar-refractivity contribution in [3.63, 3.8) is 0 Å². The van der Waals surface area contributed by atoms with Crippen LogP contribution in [-0.2, 0) is 28.3 Å². The first-order valence-corrected chi connectivity index (χ1v) is 16.6. The molecule has 7 nitrogen and oxygen atoms in total. The summed E-state index contributed by atoms with van der Waals surface area (Å²) in [4.78, 5) is 37.2. The Kier molecular flexibility index (Phi) is 11.5. The number of carbonyl (C=O) groups excluding carboxylic acids is 3. The van der Waals surface area contributed by atoms with E-state index in [1.54, 1.807) is 0 Å². The summed E-state index contributed by atoms with van der Waals surface area (Å²) < 4.78 is 17.6. The monoisotopic (exact) mass is 604 g/mol. The van der Waals surface area contributed by atoms with Gasteiger partial charge < -0.3 is 19.0 Å². The molecule has 0 spiro atoms. The second-order valence-corrected chi connectivity index (χ2v) is 16.6. The van der Waals surface area contributed by atoms with E-state index in [-0.39, 0.29) is 35.5 Å². The maximum Gasteiger partial charge on any atom is 0.334 e. The number of aliphatic hydroxyl groups is 1. The Morgan fingerprint density at radius 1 is 1.09 bits per heavy atom. The van der Waals surface area contributed by atoms with E-state index in [0.717, 1.165) is 16.4 Å². The number of Topliss-reactive ketones (excluding diaryl/α,β-unsaturated/α-hetero) is 1. The molecule has 230 valence electrons. The molecular formula is C35H44O7Si. The average molecular weight is 605 g/mol. The Labute approximate surface area is 256 Å². The summed E-state index contributed by atoms with van der Waals surface area (Å²) in [6, 6.07) is 20.7. The molecule has 1 aliphatic rings. The molecule has 3 atom stereocenters. The first-order valence-electron chi connectivity index (χ1n) is 14.7. The van der Waals surface area contributed by atoms with E-state index in [1.807, 2.05) is 43.3 Å². The minimum atomic E-state index is -2.82. The number of hydrogen-bond acceptors (Lipinski definition) is 7. The van der Waals surface area contributed by atoms with Gasteiger partial charge in [-0.15, -0.1) is 0 Å². The summed E-state index contributed by atoms with van der Waals surface area (Å²) in [7, 11) is -2.82. The molecule has 1 fully saturated rings. The Bertz CT molecular complexity index is 1290. The molecule has 0 saturated heterocycles. The van der Waals surface area contributed by atoms with Gasteiger partial charge in [0.25, 0.3) is 8.32 Å². The van der Waals surface area contributed by atoms with Crippen molar-refractivity contribution in [1.82, 2.24) is 0 Å². The zero-order chi connectivity index (χ0) is 31.7. The fraction of sp³-hybridized carbons (Fsp3) is 0.400. The minimum Gasteiger partial charge on any atom is -0.508 e. The van der Waals surface area contributed by atoms with E-state index in [2.05, 4.69) is 51.6 Å². The van der Waals surface area contributed by atoms with Gasteiger partial charge in [0, 0.05) is 31.8 Å². The molecule has 1 N–H and O–H groups in total. The zero-order valence-electron chi connectivity index (χ0n) is 25.9. The molecule has 2 aromatic carbocycles. The smallest absolute Gasteiger partial charge is 0.334 e. The lowest BCUT2D eigenvalue weighted by molar-refractivity contribution is -0.147. The van der Waals surface area contributed by atoms with Crippen molar-refractivity contribution < 1.29 is 33.4 Å². The van der Waals surface area contributed by atoms with E-state index >= 15 is 0 Å². The fourth-order valence-electron chi connectivity index (χ4n) is 6.01. The van der Waals surface area contributed by atoms with Gasteiger partial charge in [0.1, 0.15) is 24.3 Å². The van der Waals surface area contributed by atoms with Crippen LogP contribution in [0.25, 0.3) is 0 Å². The number of ether oxygens (including phenoxy) is 2. The van der Waals surface area contributed by atoms with Crippen LogP contribution in [0, 0.1) is 11.3 Å². The number of esters is 2. The van der Waals surface area contributed by atoms with Crippen LogP contribution in [-0.4, -0.2) is 50.5 Å². The molecule has 1 saturated carbocycles. The first-order chi connectivity index (χ1) is 20.3. The van der Waals surface area contributed by atoms with Crippen molar-refractivity contribution in [2.75, 3.05) is 13.2 Å². The van der Waals surface area contributed by atoms with Crippen molar-refractivity contribution in [2.24, 2.45) is 11.3 Å². The SMILES string of the molecule is C=CCOC(=O)/C=C(O)/C=C/[C@@H](C[C@@]1(C)C(=O)CC[C@@H]1CO[Si](c1ccccc1)(c1ccccc1)C(C)(C)C)OC(C)=O. The number of aliphatic hydroxyl groups excluding tert-OH is 1. The van der Waals surface area contributed by atoms with Crippen LogP contribution in [0.4, 0.5) is 0 Å². The van der Waals surface area contributed by atoms with Gasteiger partial charge in [-0.05, 0) is 39.9 Å². The van der Waals surface area contributed by atoms with E-state index in [4.69, 9.17) is 13.9 Å². The van der Waals surface area contributed by atoms with Crippen molar-refractivity contribution in [1.29, 1.82) is 0 Å². The molecular weight excluding hydrogens is 560 g/mol. The largest absolute Gasteiger partial charge is 0.508 e. The standard InChI is InChI=1S/C35H44O7Si/c1-7-22-40-33(39)23-28(37)19-20-29(42-26(2)36)24-35(6)27(18-21-32(35)38)25-41-43(34(3,4)5,30-14-10-8-11-15-30)31-16-12-9-13-17-31/h7-17,19-20,23,27,29,37H,1,18,21-22,24-25H2,2-6H3/b20-19+,28-23-/t27-,29+,35-/m1/s1. The summed E-state index contributed by atoms with van der Waals surface area (Å²) in [5.74, 6) is -1.64. The van der Waals surface area contributed by atoms with Gasteiger partial charge in [-0.3, -0.25) is 9.59 Å².